The van der Waals surface area contributed by atoms with Crippen LogP contribution < -0.4 is 10.1 Å². The van der Waals surface area contributed by atoms with E-state index in [-0.39, 0.29) is 24.6 Å². The average Bonchev–Trinajstić information content (AvgIpc) is 3.08. The standard InChI is InChI=1S/C25H27NO4S/c1-15(2)30-25(28)23-20-11-8-16(3)12-21(20)31-24(23)26-22(27)14-29-19-10-9-17-6-4-5-7-18(17)13-19/h4-7,9-10,13,15-16H,8,11-12,14H2,1-3H3,(H,26,27)/t16-/m1/s1. The normalized spacial score (nSPS) is 15.5. The molecule has 1 heterocycles. The number of amides is 1. The van der Waals surface area contributed by atoms with Gasteiger partial charge >= 0.3 is 5.97 Å². The number of anilines is 1. The highest BCUT2D eigenvalue weighted by molar-refractivity contribution is 7.17. The Labute approximate surface area is 186 Å². The Morgan fingerprint density at radius 2 is 1.94 bits per heavy atom. The first-order valence-corrected chi connectivity index (χ1v) is 11.5. The van der Waals surface area contributed by atoms with Crippen LogP contribution in [0.4, 0.5) is 5.00 Å². The molecule has 0 saturated carbocycles. The lowest BCUT2D eigenvalue weighted by Crippen LogP contribution is -2.22. The van der Waals surface area contributed by atoms with E-state index in [4.69, 9.17) is 9.47 Å². The van der Waals surface area contributed by atoms with Crippen molar-refractivity contribution in [3.63, 3.8) is 0 Å². The number of fused-ring (bicyclic) bond motifs is 2. The van der Waals surface area contributed by atoms with Crippen LogP contribution in [-0.4, -0.2) is 24.6 Å². The van der Waals surface area contributed by atoms with Crippen LogP contribution in [-0.2, 0) is 22.4 Å². The summed E-state index contributed by atoms with van der Waals surface area (Å²) in [6.45, 7) is 5.74. The van der Waals surface area contributed by atoms with E-state index in [9.17, 15) is 9.59 Å². The van der Waals surface area contributed by atoms with Gasteiger partial charge in [-0.15, -0.1) is 11.3 Å². The summed E-state index contributed by atoms with van der Waals surface area (Å²) in [4.78, 5) is 26.6. The molecule has 0 aliphatic heterocycles. The quantitative estimate of drug-likeness (QED) is 0.509. The first-order valence-electron chi connectivity index (χ1n) is 10.7. The molecule has 2 aromatic carbocycles. The fourth-order valence-corrected chi connectivity index (χ4v) is 5.31. The van der Waals surface area contributed by atoms with Crippen molar-refractivity contribution in [1.29, 1.82) is 0 Å². The maximum Gasteiger partial charge on any atom is 0.341 e. The van der Waals surface area contributed by atoms with Crippen LogP contribution in [0.5, 0.6) is 5.75 Å². The molecule has 3 aromatic rings. The number of carbonyl (C=O) groups excluding carboxylic acids is 2. The molecular weight excluding hydrogens is 410 g/mol. The molecule has 5 nitrogen and oxygen atoms in total. The number of carbonyl (C=O) groups is 2. The van der Waals surface area contributed by atoms with Crippen molar-refractivity contribution in [2.45, 2.75) is 46.1 Å². The van der Waals surface area contributed by atoms with Gasteiger partial charge < -0.3 is 14.8 Å². The number of rotatable bonds is 6. The van der Waals surface area contributed by atoms with Crippen LogP contribution in [0.3, 0.4) is 0 Å². The molecule has 0 bridgehead atoms. The fraction of sp³-hybridized carbons (Fsp3) is 0.360. The Bertz CT molecular complexity index is 1120. The molecule has 1 aliphatic carbocycles. The van der Waals surface area contributed by atoms with Gasteiger partial charge in [0.2, 0.25) is 0 Å². The lowest BCUT2D eigenvalue weighted by atomic mass is 9.88. The summed E-state index contributed by atoms with van der Waals surface area (Å²) >= 11 is 1.48. The largest absolute Gasteiger partial charge is 0.484 e. The van der Waals surface area contributed by atoms with E-state index in [2.05, 4.69) is 12.2 Å². The third-order valence-electron chi connectivity index (χ3n) is 5.40. The Morgan fingerprint density at radius 3 is 2.71 bits per heavy atom. The molecular formula is C25H27NO4S. The van der Waals surface area contributed by atoms with Gasteiger partial charge in [0.05, 0.1) is 11.7 Å². The lowest BCUT2D eigenvalue weighted by molar-refractivity contribution is -0.118. The minimum absolute atomic E-state index is 0.129. The number of nitrogens with one attached hydrogen (secondary N) is 1. The summed E-state index contributed by atoms with van der Waals surface area (Å²) in [5.74, 6) is 0.540. The molecule has 0 radical (unpaired) electrons. The van der Waals surface area contributed by atoms with Crippen LogP contribution in [0.1, 0.15) is 48.0 Å². The summed E-state index contributed by atoms with van der Waals surface area (Å²) in [5, 5.41) is 5.64. The Morgan fingerprint density at radius 1 is 1.16 bits per heavy atom. The summed E-state index contributed by atoms with van der Waals surface area (Å²) in [6, 6.07) is 13.7. The topological polar surface area (TPSA) is 64.6 Å². The smallest absolute Gasteiger partial charge is 0.341 e. The van der Waals surface area contributed by atoms with Gasteiger partial charge in [-0.25, -0.2) is 4.79 Å². The van der Waals surface area contributed by atoms with Crippen molar-refractivity contribution in [3.8, 4) is 5.75 Å². The van der Waals surface area contributed by atoms with Crippen LogP contribution in [0.15, 0.2) is 42.5 Å². The van der Waals surface area contributed by atoms with E-state index in [1.807, 2.05) is 56.3 Å². The second kappa shape index (κ2) is 9.10. The van der Waals surface area contributed by atoms with Crippen molar-refractivity contribution in [1.82, 2.24) is 0 Å². The van der Waals surface area contributed by atoms with Crippen LogP contribution >= 0.6 is 11.3 Å². The van der Waals surface area contributed by atoms with Crippen molar-refractivity contribution in [2.24, 2.45) is 5.92 Å². The number of benzene rings is 2. The number of hydrogen-bond donors (Lipinski definition) is 1. The summed E-state index contributed by atoms with van der Waals surface area (Å²) in [7, 11) is 0. The van der Waals surface area contributed by atoms with Gasteiger partial charge in [0, 0.05) is 4.88 Å². The van der Waals surface area contributed by atoms with Crippen molar-refractivity contribution < 1.29 is 19.1 Å². The molecule has 31 heavy (non-hydrogen) atoms. The third-order valence-corrected chi connectivity index (χ3v) is 6.57. The maximum absolute atomic E-state index is 12.8. The van der Waals surface area contributed by atoms with Crippen molar-refractivity contribution >= 4 is 39.0 Å². The predicted octanol–water partition coefficient (Wildman–Crippen LogP) is 5.61. The van der Waals surface area contributed by atoms with E-state index in [1.165, 1.54) is 16.2 Å². The van der Waals surface area contributed by atoms with Gasteiger partial charge in [-0.3, -0.25) is 4.79 Å². The van der Waals surface area contributed by atoms with E-state index in [0.717, 1.165) is 35.6 Å². The SMILES string of the molecule is CC(C)OC(=O)c1c(NC(=O)COc2ccc3ccccc3c2)sc2c1CC[C@@H](C)C2. The molecule has 1 aliphatic rings. The minimum Gasteiger partial charge on any atom is -0.484 e. The second-order valence-electron chi connectivity index (χ2n) is 8.36. The van der Waals surface area contributed by atoms with Crippen LogP contribution in [0.25, 0.3) is 10.8 Å². The Kier molecular flexibility index (Phi) is 6.28. The summed E-state index contributed by atoms with van der Waals surface area (Å²) in [5.41, 5.74) is 1.54. The molecule has 1 amide bonds. The first kappa shape index (κ1) is 21.4. The number of esters is 1. The zero-order valence-electron chi connectivity index (χ0n) is 18.1. The van der Waals surface area contributed by atoms with Crippen molar-refractivity contribution in [2.75, 3.05) is 11.9 Å². The Hall–Kier alpha value is -2.86. The lowest BCUT2D eigenvalue weighted by Gasteiger charge is -2.18. The fourth-order valence-electron chi connectivity index (χ4n) is 3.90. The highest BCUT2D eigenvalue weighted by atomic mass is 32.1. The predicted molar refractivity (Wildman–Crippen MR) is 124 cm³/mol. The first-order chi connectivity index (χ1) is 14.9. The Balaban J connectivity index is 1.49. The van der Waals surface area contributed by atoms with Crippen LogP contribution in [0, 0.1) is 5.92 Å². The molecule has 1 aromatic heterocycles. The highest BCUT2D eigenvalue weighted by Gasteiger charge is 2.29. The number of ether oxygens (including phenoxy) is 2. The molecule has 6 heteroatoms. The molecule has 4 rings (SSSR count). The van der Waals surface area contributed by atoms with Gasteiger partial charge in [-0.1, -0.05) is 37.3 Å². The van der Waals surface area contributed by atoms with Gasteiger partial charge in [-0.2, -0.15) is 0 Å². The third kappa shape index (κ3) is 4.90. The molecule has 0 saturated heterocycles. The van der Waals surface area contributed by atoms with Gasteiger partial charge in [-0.05, 0) is 67.5 Å². The average molecular weight is 438 g/mol. The number of thiophene rings is 1. The molecule has 0 spiro atoms. The molecule has 1 atom stereocenters. The summed E-state index contributed by atoms with van der Waals surface area (Å²) in [6.07, 6.45) is 2.57. The van der Waals surface area contributed by atoms with Crippen molar-refractivity contribution in [3.05, 3.63) is 58.5 Å². The van der Waals surface area contributed by atoms with Gasteiger partial charge in [0.1, 0.15) is 10.8 Å². The van der Waals surface area contributed by atoms with Gasteiger partial charge in [0.15, 0.2) is 6.61 Å². The molecule has 0 fully saturated rings. The zero-order chi connectivity index (χ0) is 22.0. The minimum atomic E-state index is -0.368. The molecule has 0 unspecified atom stereocenters. The molecule has 162 valence electrons. The highest BCUT2D eigenvalue weighted by Crippen LogP contribution is 2.40. The molecule has 1 N–H and O–H groups in total. The summed E-state index contributed by atoms with van der Waals surface area (Å²) < 4.78 is 11.2. The van der Waals surface area contributed by atoms with E-state index < -0.39 is 0 Å². The number of hydrogen-bond acceptors (Lipinski definition) is 5. The second-order valence-corrected chi connectivity index (χ2v) is 9.46. The zero-order valence-corrected chi connectivity index (χ0v) is 18.9. The van der Waals surface area contributed by atoms with E-state index >= 15 is 0 Å². The van der Waals surface area contributed by atoms with Crippen LogP contribution in [0.2, 0.25) is 0 Å². The monoisotopic (exact) mass is 437 g/mol. The van der Waals surface area contributed by atoms with E-state index in [0.29, 0.717) is 22.2 Å². The van der Waals surface area contributed by atoms with E-state index in [1.54, 1.807) is 0 Å². The maximum atomic E-state index is 12.8. The van der Waals surface area contributed by atoms with Gasteiger partial charge in [0.25, 0.3) is 5.91 Å².